The molecule has 1 aliphatic heterocycles. The van der Waals surface area contributed by atoms with Gasteiger partial charge in [0.2, 0.25) is 5.91 Å². The van der Waals surface area contributed by atoms with E-state index in [1.165, 1.54) is 4.88 Å². The first kappa shape index (κ1) is 13.6. The van der Waals surface area contributed by atoms with Crippen molar-refractivity contribution in [2.24, 2.45) is 11.8 Å². The first-order chi connectivity index (χ1) is 8.75. The molecule has 0 spiro atoms. The van der Waals surface area contributed by atoms with Gasteiger partial charge in [0.1, 0.15) is 0 Å². The molecule has 1 fully saturated rings. The molecule has 1 aromatic heterocycles. The van der Waals surface area contributed by atoms with Crippen LogP contribution in [0.3, 0.4) is 0 Å². The SMILES string of the molecule is CC(CNC(=O)C1CCCNC1)Cc1cccs1. The monoisotopic (exact) mass is 266 g/mol. The summed E-state index contributed by atoms with van der Waals surface area (Å²) < 4.78 is 0. The lowest BCUT2D eigenvalue weighted by atomic mass is 9.98. The second-order valence-electron chi connectivity index (χ2n) is 5.18. The minimum absolute atomic E-state index is 0.174. The summed E-state index contributed by atoms with van der Waals surface area (Å²) in [6.45, 7) is 4.87. The van der Waals surface area contributed by atoms with Gasteiger partial charge in [-0.25, -0.2) is 0 Å². The highest BCUT2D eigenvalue weighted by atomic mass is 32.1. The maximum absolute atomic E-state index is 12.0. The summed E-state index contributed by atoms with van der Waals surface area (Å²) in [6.07, 6.45) is 3.20. The molecule has 1 aliphatic rings. The number of carbonyl (C=O) groups excluding carboxylic acids is 1. The molecule has 1 saturated heterocycles. The van der Waals surface area contributed by atoms with Gasteiger partial charge in [-0.2, -0.15) is 0 Å². The molecule has 0 bridgehead atoms. The molecule has 100 valence electrons. The Morgan fingerprint density at radius 2 is 2.56 bits per heavy atom. The van der Waals surface area contributed by atoms with E-state index in [0.717, 1.165) is 38.9 Å². The van der Waals surface area contributed by atoms with E-state index >= 15 is 0 Å². The van der Waals surface area contributed by atoms with Gasteiger partial charge in [0, 0.05) is 18.0 Å². The van der Waals surface area contributed by atoms with Crippen LogP contribution in [-0.2, 0) is 11.2 Å². The van der Waals surface area contributed by atoms with Gasteiger partial charge in [-0.15, -0.1) is 11.3 Å². The van der Waals surface area contributed by atoms with Crippen molar-refractivity contribution in [3.8, 4) is 0 Å². The number of hydrogen-bond acceptors (Lipinski definition) is 3. The van der Waals surface area contributed by atoms with Crippen molar-refractivity contribution in [1.29, 1.82) is 0 Å². The van der Waals surface area contributed by atoms with Gasteiger partial charge in [-0.1, -0.05) is 13.0 Å². The third kappa shape index (κ3) is 4.10. The largest absolute Gasteiger partial charge is 0.356 e. The molecule has 0 aromatic carbocycles. The lowest BCUT2D eigenvalue weighted by Crippen LogP contribution is -2.41. The molecule has 0 radical (unpaired) electrons. The fourth-order valence-corrected chi connectivity index (χ4v) is 3.21. The quantitative estimate of drug-likeness (QED) is 0.856. The van der Waals surface area contributed by atoms with E-state index in [4.69, 9.17) is 0 Å². The predicted octanol–water partition coefficient (Wildman–Crippen LogP) is 2.04. The van der Waals surface area contributed by atoms with E-state index < -0.39 is 0 Å². The van der Waals surface area contributed by atoms with Gasteiger partial charge in [0.05, 0.1) is 5.92 Å². The maximum atomic E-state index is 12.0. The smallest absolute Gasteiger partial charge is 0.224 e. The normalized spacial score (nSPS) is 21.5. The molecule has 4 heteroatoms. The zero-order valence-electron chi connectivity index (χ0n) is 10.9. The minimum atomic E-state index is 0.174. The fraction of sp³-hybridized carbons (Fsp3) is 0.643. The van der Waals surface area contributed by atoms with Crippen molar-refractivity contribution in [2.45, 2.75) is 26.2 Å². The molecule has 2 N–H and O–H groups in total. The summed E-state index contributed by atoms with van der Waals surface area (Å²) >= 11 is 1.79. The van der Waals surface area contributed by atoms with Crippen LogP contribution in [0.1, 0.15) is 24.6 Å². The van der Waals surface area contributed by atoms with Crippen LogP contribution in [0.25, 0.3) is 0 Å². The molecule has 0 aliphatic carbocycles. The zero-order valence-corrected chi connectivity index (χ0v) is 11.8. The van der Waals surface area contributed by atoms with Gasteiger partial charge in [-0.3, -0.25) is 4.79 Å². The Hall–Kier alpha value is -0.870. The van der Waals surface area contributed by atoms with Gasteiger partial charge in [0.15, 0.2) is 0 Å². The van der Waals surface area contributed by atoms with Gasteiger partial charge in [0.25, 0.3) is 0 Å². The zero-order chi connectivity index (χ0) is 12.8. The van der Waals surface area contributed by atoms with Crippen LogP contribution in [0.2, 0.25) is 0 Å². The number of amides is 1. The average Bonchev–Trinajstić information content (AvgIpc) is 2.90. The first-order valence-corrected chi connectivity index (χ1v) is 7.64. The van der Waals surface area contributed by atoms with E-state index in [-0.39, 0.29) is 11.8 Å². The number of rotatable bonds is 5. The van der Waals surface area contributed by atoms with Crippen molar-refractivity contribution in [2.75, 3.05) is 19.6 Å². The fourth-order valence-electron chi connectivity index (χ4n) is 2.34. The Kier molecular flexibility index (Phi) is 5.20. The molecule has 2 rings (SSSR count). The Bertz CT molecular complexity index is 358. The van der Waals surface area contributed by atoms with Crippen LogP contribution in [-0.4, -0.2) is 25.5 Å². The molecule has 0 saturated carbocycles. The van der Waals surface area contributed by atoms with E-state index in [9.17, 15) is 4.79 Å². The third-order valence-electron chi connectivity index (χ3n) is 3.42. The average molecular weight is 266 g/mol. The van der Waals surface area contributed by atoms with Crippen molar-refractivity contribution < 1.29 is 4.79 Å². The number of hydrogen-bond donors (Lipinski definition) is 2. The standard InChI is InChI=1S/C14H22N2OS/c1-11(8-13-5-3-7-18-13)9-16-14(17)12-4-2-6-15-10-12/h3,5,7,11-12,15H,2,4,6,8-10H2,1H3,(H,16,17). The lowest BCUT2D eigenvalue weighted by Gasteiger charge is -2.22. The van der Waals surface area contributed by atoms with E-state index in [1.54, 1.807) is 11.3 Å². The molecule has 1 amide bonds. The summed E-state index contributed by atoms with van der Waals surface area (Å²) in [5.74, 6) is 0.900. The summed E-state index contributed by atoms with van der Waals surface area (Å²) in [4.78, 5) is 13.4. The number of nitrogens with one attached hydrogen (secondary N) is 2. The molecule has 2 unspecified atom stereocenters. The molecule has 2 atom stereocenters. The van der Waals surface area contributed by atoms with Crippen LogP contribution in [0, 0.1) is 11.8 Å². The second-order valence-corrected chi connectivity index (χ2v) is 6.21. The van der Waals surface area contributed by atoms with E-state index in [0.29, 0.717) is 5.92 Å². The van der Waals surface area contributed by atoms with Crippen molar-refractivity contribution in [3.63, 3.8) is 0 Å². The number of piperidine rings is 1. The molecule has 2 heterocycles. The van der Waals surface area contributed by atoms with E-state index in [1.807, 2.05) is 0 Å². The molecule has 3 nitrogen and oxygen atoms in total. The van der Waals surface area contributed by atoms with Crippen molar-refractivity contribution >= 4 is 17.2 Å². The van der Waals surface area contributed by atoms with Crippen molar-refractivity contribution in [1.82, 2.24) is 10.6 Å². The Labute approximate surface area is 113 Å². The van der Waals surface area contributed by atoms with Crippen LogP contribution >= 0.6 is 11.3 Å². The Morgan fingerprint density at radius 1 is 1.67 bits per heavy atom. The minimum Gasteiger partial charge on any atom is -0.356 e. The topological polar surface area (TPSA) is 41.1 Å². The third-order valence-corrected chi connectivity index (χ3v) is 4.32. The summed E-state index contributed by atoms with van der Waals surface area (Å²) in [5, 5.41) is 8.48. The predicted molar refractivity (Wildman–Crippen MR) is 75.8 cm³/mol. The Balaban J connectivity index is 1.68. The molecular weight excluding hydrogens is 244 g/mol. The lowest BCUT2D eigenvalue weighted by molar-refractivity contribution is -0.125. The molecule has 1 aromatic rings. The maximum Gasteiger partial charge on any atom is 0.224 e. The second kappa shape index (κ2) is 6.90. The highest BCUT2D eigenvalue weighted by Gasteiger charge is 2.20. The number of carbonyl (C=O) groups is 1. The molecular formula is C14H22N2OS. The summed E-state index contributed by atoms with van der Waals surface area (Å²) in [5.41, 5.74) is 0. The van der Waals surface area contributed by atoms with Crippen LogP contribution in [0.4, 0.5) is 0 Å². The summed E-state index contributed by atoms with van der Waals surface area (Å²) in [6, 6.07) is 4.24. The van der Waals surface area contributed by atoms with E-state index in [2.05, 4.69) is 35.1 Å². The van der Waals surface area contributed by atoms with Crippen LogP contribution in [0.5, 0.6) is 0 Å². The van der Waals surface area contributed by atoms with Gasteiger partial charge >= 0.3 is 0 Å². The highest BCUT2D eigenvalue weighted by molar-refractivity contribution is 7.09. The number of thiophene rings is 1. The van der Waals surface area contributed by atoms with Crippen molar-refractivity contribution in [3.05, 3.63) is 22.4 Å². The Morgan fingerprint density at radius 3 is 3.22 bits per heavy atom. The van der Waals surface area contributed by atoms with Gasteiger partial charge < -0.3 is 10.6 Å². The first-order valence-electron chi connectivity index (χ1n) is 6.76. The van der Waals surface area contributed by atoms with Crippen LogP contribution in [0.15, 0.2) is 17.5 Å². The van der Waals surface area contributed by atoms with Gasteiger partial charge in [-0.05, 0) is 43.2 Å². The van der Waals surface area contributed by atoms with Crippen LogP contribution < -0.4 is 10.6 Å². The highest BCUT2D eigenvalue weighted by Crippen LogP contribution is 2.14. The molecule has 18 heavy (non-hydrogen) atoms. The summed E-state index contributed by atoms with van der Waals surface area (Å²) in [7, 11) is 0.